The SMILES string of the molecule is CCN(CC)P(=O)(Cl)Oc1ccc(C)cc1. The zero-order chi connectivity index (χ0) is 12.2. The van der Waals surface area contributed by atoms with Crippen LogP contribution in [0.25, 0.3) is 0 Å². The lowest BCUT2D eigenvalue weighted by Crippen LogP contribution is -2.19. The van der Waals surface area contributed by atoms with Crippen molar-refractivity contribution in [1.82, 2.24) is 4.67 Å². The Hall–Kier alpha value is -0.500. The number of benzene rings is 1. The molecule has 16 heavy (non-hydrogen) atoms. The van der Waals surface area contributed by atoms with E-state index in [1.807, 2.05) is 32.9 Å². The van der Waals surface area contributed by atoms with Crippen LogP contribution in [-0.2, 0) is 4.57 Å². The quantitative estimate of drug-likeness (QED) is 0.749. The third-order valence-electron chi connectivity index (χ3n) is 2.31. The fourth-order valence-electron chi connectivity index (χ4n) is 1.35. The van der Waals surface area contributed by atoms with Gasteiger partial charge in [0.2, 0.25) is 0 Å². The van der Waals surface area contributed by atoms with Gasteiger partial charge in [0.05, 0.1) is 0 Å². The summed E-state index contributed by atoms with van der Waals surface area (Å²) in [6.45, 7) is 3.75. The van der Waals surface area contributed by atoms with Gasteiger partial charge in [-0.25, -0.2) is 9.24 Å². The van der Waals surface area contributed by atoms with E-state index in [1.165, 1.54) is 0 Å². The van der Waals surface area contributed by atoms with Gasteiger partial charge in [-0.05, 0) is 19.1 Å². The number of halogens is 1. The molecule has 1 atom stereocenters. The maximum absolute atomic E-state index is 12.1. The Morgan fingerprint density at radius 3 is 2.19 bits per heavy atom. The Labute approximate surface area is 102 Å². The number of aryl methyl sites for hydroxylation is 1. The summed E-state index contributed by atoms with van der Waals surface area (Å²) in [5.41, 5.74) is 1.12. The highest BCUT2D eigenvalue weighted by Gasteiger charge is 2.28. The summed E-state index contributed by atoms with van der Waals surface area (Å²) in [6, 6.07) is 7.34. The number of hydrogen-bond acceptors (Lipinski definition) is 2. The molecule has 0 N–H and O–H groups in total. The lowest BCUT2D eigenvalue weighted by molar-refractivity contribution is 0.387. The van der Waals surface area contributed by atoms with E-state index in [-0.39, 0.29) is 0 Å². The number of hydrogen-bond donors (Lipinski definition) is 0. The summed E-state index contributed by atoms with van der Waals surface area (Å²) in [7, 11) is 0. The summed E-state index contributed by atoms with van der Waals surface area (Å²) < 4.78 is 19.1. The Balaban J connectivity index is 2.79. The summed E-state index contributed by atoms with van der Waals surface area (Å²) in [5, 5.41) is 0. The molecule has 0 fully saturated rings. The predicted molar refractivity (Wildman–Crippen MR) is 68.2 cm³/mol. The first-order valence-corrected chi connectivity index (χ1v) is 7.79. The highest BCUT2D eigenvalue weighted by atomic mass is 35.7. The van der Waals surface area contributed by atoms with E-state index in [4.69, 9.17) is 15.8 Å². The molecule has 90 valence electrons. The van der Waals surface area contributed by atoms with Crippen LogP contribution in [0.1, 0.15) is 19.4 Å². The Morgan fingerprint density at radius 2 is 1.75 bits per heavy atom. The highest BCUT2D eigenvalue weighted by Crippen LogP contribution is 2.55. The average Bonchev–Trinajstić information content (AvgIpc) is 2.22. The minimum Gasteiger partial charge on any atom is -0.422 e. The molecule has 0 heterocycles. The van der Waals surface area contributed by atoms with E-state index in [1.54, 1.807) is 16.8 Å². The molecule has 0 aliphatic carbocycles. The van der Waals surface area contributed by atoms with Crippen LogP contribution in [0.5, 0.6) is 5.75 Å². The maximum atomic E-state index is 12.1. The molecule has 0 aliphatic heterocycles. The van der Waals surface area contributed by atoms with Gasteiger partial charge in [0.15, 0.2) is 0 Å². The van der Waals surface area contributed by atoms with E-state index in [2.05, 4.69) is 0 Å². The van der Waals surface area contributed by atoms with Crippen molar-refractivity contribution in [2.24, 2.45) is 0 Å². The Bertz CT molecular complexity index is 376. The molecule has 1 rings (SSSR count). The molecule has 1 aromatic carbocycles. The van der Waals surface area contributed by atoms with Crippen LogP contribution in [0.2, 0.25) is 0 Å². The van der Waals surface area contributed by atoms with Crippen molar-refractivity contribution in [2.45, 2.75) is 20.8 Å². The molecule has 0 amide bonds. The zero-order valence-electron chi connectivity index (χ0n) is 9.81. The molecule has 0 radical (unpaired) electrons. The normalized spacial score (nSPS) is 14.8. The van der Waals surface area contributed by atoms with Crippen molar-refractivity contribution < 1.29 is 9.09 Å². The Kier molecular flexibility index (Phi) is 4.85. The van der Waals surface area contributed by atoms with Gasteiger partial charge in [-0.2, -0.15) is 0 Å². The zero-order valence-corrected chi connectivity index (χ0v) is 11.5. The third-order valence-corrected chi connectivity index (χ3v) is 4.83. The fourth-order valence-corrected chi connectivity index (χ4v) is 3.40. The van der Waals surface area contributed by atoms with E-state index in [0.29, 0.717) is 18.8 Å². The maximum Gasteiger partial charge on any atom is 0.411 e. The minimum absolute atomic E-state index is 0.538. The molecule has 3 nitrogen and oxygen atoms in total. The monoisotopic (exact) mass is 261 g/mol. The largest absolute Gasteiger partial charge is 0.422 e. The second-order valence-electron chi connectivity index (χ2n) is 3.49. The minimum atomic E-state index is -3.23. The standard InChI is InChI=1S/C11H17ClNO2P/c1-4-13(5-2)16(12,14)15-11-8-6-10(3)7-9-11/h6-9H,4-5H2,1-3H3. The van der Waals surface area contributed by atoms with Crippen LogP contribution < -0.4 is 4.52 Å². The van der Waals surface area contributed by atoms with Crippen molar-refractivity contribution in [3.05, 3.63) is 29.8 Å². The molecule has 0 spiro atoms. The van der Waals surface area contributed by atoms with Crippen LogP contribution in [-0.4, -0.2) is 17.8 Å². The number of rotatable bonds is 5. The van der Waals surface area contributed by atoms with Crippen LogP contribution in [0.15, 0.2) is 24.3 Å². The van der Waals surface area contributed by atoms with Gasteiger partial charge in [-0.3, -0.25) is 0 Å². The predicted octanol–water partition coefficient (Wildman–Crippen LogP) is 4.06. The molecular weight excluding hydrogens is 245 g/mol. The molecule has 1 unspecified atom stereocenters. The lowest BCUT2D eigenvalue weighted by Gasteiger charge is -2.23. The molecule has 0 saturated carbocycles. The van der Waals surface area contributed by atoms with Crippen LogP contribution in [0, 0.1) is 6.92 Å². The first-order valence-electron chi connectivity index (χ1n) is 5.31. The van der Waals surface area contributed by atoms with E-state index in [0.717, 1.165) is 5.56 Å². The van der Waals surface area contributed by atoms with Crippen molar-refractivity contribution >= 4 is 18.1 Å². The van der Waals surface area contributed by atoms with Gasteiger partial charge in [0.25, 0.3) is 0 Å². The third kappa shape index (κ3) is 3.51. The first-order chi connectivity index (χ1) is 7.49. The van der Waals surface area contributed by atoms with Crippen LogP contribution in [0.4, 0.5) is 0 Å². The van der Waals surface area contributed by atoms with E-state index >= 15 is 0 Å². The summed E-state index contributed by atoms with van der Waals surface area (Å²) >= 11 is 5.94. The van der Waals surface area contributed by atoms with Crippen molar-refractivity contribution in [3.63, 3.8) is 0 Å². The van der Waals surface area contributed by atoms with E-state index < -0.39 is 6.87 Å². The molecular formula is C11H17ClNO2P. The van der Waals surface area contributed by atoms with Gasteiger partial charge >= 0.3 is 6.87 Å². The fraction of sp³-hybridized carbons (Fsp3) is 0.455. The second kappa shape index (κ2) is 5.72. The average molecular weight is 262 g/mol. The van der Waals surface area contributed by atoms with Gasteiger partial charge in [0, 0.05) is 24.3 Å². The van der Waals surface area contributed by atoms with Crippen LogP contribution in [0.3, 0.4) is 0 Å². The van der Waals surface area contributed by atoms with Crippen molar-refractivity contribution in [1.29, 1.82) is 0 Å². The number of nitrogens with zero attached hydrogens (tertiary/aromatic N) is 1. The molecule has 0 bridgehead atoms. The second-order valence-corrected chi connectivity index (χ2v) is 6.43. The van der Waals surface area contributed by atoms with E-state index in [9.17, 15) is 4.57 Å². The van der Waals surface area contributed by atoms with Crippen LogP contribution >= 0.6 is 18.1 Å². The summed E-state index contributed by atoms with van der Waals surface area (Å²) in [5.74, 6) is 0.538. The highest BCUT2D eigenvalue weighted by molar-refractivity contribution is 7.83. The molecule has 0 aromatic heterocycles. The first kappa shape index (κ1) is 13.6. The smallest absolute Gasteiger partial charge is 0.411 e. The van der Waals surface area contributed by atoms with Gasteiger partial charge in [-0.15, -0.1) is 0 Å². The van der Waals surface area contributed by atoms with Crippen molar-refractivity contribution in [2.75, 3.05) is 13.1 Å². The van der Waals surface area contributed by atoms with Gasteiger partial charge in [-0.1, -0.05) is 31.5 Å². The molecule has 5 heteroatoms. The molecule has 0 aliphatic rings. The topological polar surface area (TPSA) is 29.5 Å². The molecule has 1 aromatic rings. The Morgan fingerprint density at radius 1 is 1.25 bits per heavy atom. The van der Waals surface area contributed by atoms with Crippen molar-refractivity contribution in [3.8, 4) is 5.75 Å². The lowest BCUT2D eigenvalue weighted by atomic mass is 10.2. The van der Waals surface area contributed by atoms with Gasteiger partial charge in [0.1, 0.15) is 5.75 Å². The molecule has 0 saturated heterocycles. The summed E-state index contributed by atoms with van der Waals surface area (Å²) in [6.07, 6.45) is 0. The van der Waals surface area contributed by atoms with Gasteiger partial charge < -0.3 is 4.52 Å². The summed E-state index contributed by atoms with van der Waals surface area (Å²) in [4.78, 5) is 0.